The van der Waals surface area contributed by atoms with Gasteiger partial charge in [-0.05, 0) is 18.2 Å². The monoisotopic (exact) mass is 493 g/mol. The zero-order valence-electron chi connectivity index (χ0n) is 19.8. The summed E-state index contributed by atoms with van der Waals surface area (Å²) in [7, 11) is 3.27. The van der Waals surface area contributed by atoms with Crippen molar-refractivity contribution in [2.45, 2.75) is 0 Å². The number of rotatable bonds is 7. The van der Waals surface area contributed by atoms with E-state index in [1.807, 2.05) is 0 Å². The first-order valence-corrected chi connectivity index (χ1v) is 11.3. The van der Waals surface area contributed by atoms with Crippen molar-refractivity contribution in [1.82, 2.24) is 25.2 Å². The molecule has 1 aliphatic heterocycles. The molecule has 36 heavy (non-hydrogen) atoms. The van der Waals surface area contributed by atoms with Gasteiger partial charge >= 0.3 is 0 Å². The number of nitrogens with one attached hydrogen (secondary N) is 1. The summed E-state index contributed by atoms with van der Waals surface area (Å²) in [6, 6.07) is 11.5. The lowest BCUT2D eigenvalue weighted by Gasteiger charge is -2.32. The van der Waals surface area contributed by atoms with E-state index >= 15 is 0 Å². The van der Waals surface area contributed by atoms with E-state index < -0.39 is 5.82 Å². The molecule has 2 amide bonds. The van der Waals surface area contributed by atoms with Gasteiger partial charge in [0.2, 0.25) is 5.91 Å². The predicted molar refractivity (Wildman–Crippen MR) is 128 cm³/mol. The maximum atomic E-state index is 14.6. The zero-order chi connectivity index (χ0) is 25.2. The van der Waals surface area contributed by atoms with Gasteiger partial charge < -0.3 is 23.8 Å². The van der Waals surface area contributed by atoms with Gasteiger partial charge in [0.15, 0.2) is 17.3 Å². The zero-order valence-corrected chi connectivity index (χ0v) is 19.8. The van der Waals surface area contributed by atoms with Gasteiger partial charge in [0.25, 0.3) is 5.91 Å². The number of benzene rings is 2. The van der Waals surface area contributed by atoms with Crippen LogP contribution in [0.5, 0.6) is 5.75 Å². The molecule has 0 radical (unpaired) electrons. The predicted octanol–water partition coefficient (Wildman–Crippen LogP) is 2.96. The molecule has 11 heteroatoms. The van der Waals surface area contributed by atoms with Crippen LogP contribution >= 0.6 is 0 Å². The number of halogens is 1. The lowest BCUT2D eigenvalue weighted by atomic mass is 10.1. The van der Waals surface area contributed by atoms with Crippen LogP contribution in [0.25, 0.3) is 33.6 Å². The quantitative estimate of drug-likeness (QED) is 0.394. The molecule has 4 aromatic rings. The van der Waals surface area contributed by atoms with E-state index in [0.29, 0.717) is 53.3 Å². The molecule has 3 heterocycles. The van der Waals surface area contributed by atoms with Crippen LogP contribution in [0.3, 0.4) is 0 Å². The fraction of sp³-hybridized carbons (Fsp3) is 0.280. The van der Waals surface area contributed by atoms with Crippen LogP contribution in [0.15, 0.2) is 47.0 Å². The maximum Gasteiger partial charge on any atom is 0.254 e. The Morgan fingerprint density at radius 3 is 2.72 bits per heavy atom. The SMILES string of the molecule is COCCOc1cc2[nH]nc(-c3cc(-c4ccc(C(=O)N5CCN(C)C(=O)C5)cc4)no3)c2cc1F. The molecule has 0 atom stereocenters. The standard InChI is InChI=1S/C25H24FN5O5/c1-30-7-8-31(14-23(30)32)25(33)16-5-3-15(4-6-16)19-12-22(36-29-19)24-17-11-18(26)21(35-10-9-34-2)13-20(17)27-28-24/h3-6,11-13H,7-10,14H2,1-2H3,(H,27,28). The van der Waals surface area contributed by atoms with Crippen LogP contribution in [0.2, 0.25) is 0 Å². The molecule has 10 nitrogen and oxygen atoms in total. The minimum Gasteiger partial charge on any atom is -0.488 e. The number of H-pyrrole nitrogens is 1. The minimum absolute atomic E-state index is 0.0721. The van der Waals surface area contributed by atoms with Crippen molar-refractivity contribution >= 4 is 22.7 Å². The van der Waals surface area contributed by atoms with E-state index in [4.69, 9.17) is 14.0 Å². The first-order chi connectivity index (χ1) is 17.4. The van der Waals surface area contributed by atoms with E-state index in [1.165, 1.54) is 12.1 Å². The maximum absolute atomic E-state index is 14.6. The van der Waals surface area contributed by atoms with Gasteiger partial charge in [-0.3, -0.25) is 14.7 Å². The first-order valence-electron chi connectivity index (χ1n) is 11.3. The third kappa shape index (κ3) is 4.52. The average Bonchev–Trinajstić information content (AvgIpc) is 3.53. The Morgan fingerprint density at radius 1 is 1.17 bits per heavy atom. The summed E-state index contributed by atoms with van der Waals surface area (Å²) in [5.74, 6) is -0.340. The van der Waals surface area contributed by atoms with Crippen LogP contribution < -0.4 is 4.74 Å². The number of ether oxygens (including phenoxy) is 2. The molecule has 2 aromatic carbocycles. The molecular weight excluding hydrogens is 469 g/mol. The molecule has 5 rings (SSSR count). The summed E-state index contributed by atoms with van der Waals surface area (Å²) >= 11 is 0. The molecule has 1 aliphatic rings. The Hall–Kier alpha value is -4.25. The largest absolute Gasteiger partial charge is 0.488 e. The third-order valence-electron chi connectivity index (χ3n) is 6.08. The summed E-state index contributed by atoms with van der Waals surface area (Å²) in [6.45, 7) is 1.65. The van der Waals surface area contributed by atoms with Crippen molar-refractivity contribution in [3.8, 4) is 28.5 Å². The van der Waals surface area contributed by atoms with Gasteiger partial charge in [0.05, 0.1) is 12.1 Å². The number of hydrogen-bond acceptors (Lipinski definition) is 7. The number of piperazine rings is 1. The topological polar surface area (TPSA) is 114 Å². The van der Waals surface area contributed by atoms with Crippen LogP contribution in [-0.4, -0.2) is 84.0 Å². The summed E-state index contributed by atoms with van der Waals surface area (Å²) in [5.41, 5.74) is 2.75. The highest BCUT2D eigenvalue weighted by molar-refractivity contribution is 5.97. The number of aromatic amines is 1. The number of hydrogen-bond donors (Lipinski definition) is 1. The molecule has 1 fully saturated rings. The fourth-order valence-corrected chi connectivity index (χ4v) is 3.97. The summed E-state index contributed by atoms with van der Waals surface area (Å²) in [4.78, 5) is 27.9. The van der Waals surface area contributed by atoms with Crippen molar-refractivity contribution in [2.24, 2.45) is 0 Å². The van der Waals surface area contributed by atoms with E-state index in [2.05, 4.69) is 15.4 Å². The van der Waals surface area contributed by atoms with Crippen molar-refractivity contribution in [1.29, 1.82) is 0 Å². The number of fused-ring (bicyclic) bond motifs is 1. The Balaban J connectivity index is 1.33. The molecule has 0 saturated carbocycles. The summed E-state index contributed by atoms with van der Waals surface area (Å²) < 4.78 is 30.4. The van der Waals surface area contributed by atoms with Gasteiger partial charge in [-0.1, -0.05) is 17.3 Å². The van der Waals surface area contributed by atoms with Gasteiger partial charge in [-0.25, -0.2) is 4.39 Å². The van der Waals surface area contributed by atoms with Crippen molar-refractivity contribution in [2.75, 3.05) is 47.0 Å². The lowest BCUT2D eigenvalue weighted by Crippen LogP contribution is -2.50. The second kappa shape index (κ2) is 9.78. The van der Waals surface area contributed by atoms with Gasteiger partial charge in [0, 0.05) is 55.9 Å². The van der Waals surface area contributed by atoms with E-state index in [1.54, 1.807) is 54.3 Å². The van der Waals surface area contributed by atoms with Crippen LogP contribution in [0.4, 0.5) is 4.39 Å². The highest BCUT2D eigenvalue weighted by Gasteiger charge is 2.25. The van der Waals surface area contributed by atoms with Crippen molar-refractivity contribution in [3.05, 3.63) is 53.8 Å². The Morgan fingerprint density at radius 2 is 1.97 bits per heavy atom. The molecule has 1 saturated heterocycles. The number of methoxy groups -OCH3 is 1. The van der Waals surface area contributed by atoms with Gasteiger partial charge in [-0.2, -0.15) is 5.10 Å². The Bertz CT molecular complexity index is 1410. The molecule has 0 aliphatic carbocycles. The number of likely N-dealkylation sites (N-methyl/N-ethyl adjacent to an activating group) is 1. The molecule has 0 spiro atoms. The minimum atomic E-state index is -0.525. The second-order valence-corrected chi connectivity index (χ2v) is 8.44. The number of carbonyl (C=O) groups is 2. The third-order valence-corrected chi connectivity index (χ3v) is 6.08. The molecule has 1 N–H and O–H groups in total. The van der Waals surface area contributed by atoms with Gasteiger partial charge in [-0.15, -0.1) is 0 Å². The Labute approximate surface area is 205 Å². The van der Waals surface area contributed by atoms with Crippen LogP contribution in [-0.2, 0) is 9.53 Å². The molecular formula is C25H24FN5O5. The van der Waals surface area contributed by atoms with E-state index in [0.717, 1.165) is 5.56 Å². The fourth-order valence-electron chi connectivity index (χ4n) is 3.97. The van der Waals surface area contributed by atoms with Gasteiger partial charge in [0.1, 0.15) is 24.5 Å². The number of nitrogens with zero attached hydrogens (tertiary/aromatic N) is 4. The smallest absolute Gasteiger partial charge is 0.254 e. The number of amides is 2. The van der Waals surface area contributed by atoms with Crippen molar-refractivity contribution in [3.63, 3.8) is 0 Å². The van der Waals surface area contributed by atoms with E-state index in [9.17, 15) is 14.0 Å². The Kier molecular flexibility index (Phi) is 6.38. The van der Waals surface area contributed by atoms with Crippen LogP contribution in [0.1, 0.15) is 10.4 Å². The number of carbonyl (C=O) groups excluding carboxylic acids is 2. The van der Waals surface area contributed by atoms with Crippen LogP contribution in [0, 0.1) is 5.82 Å². The highest BCUT2D eigenvalue weighted by Crippen LogP contribution is 2.33. The molecule has 186 valence electrons. The van der Waals surface area contributed by atoms with Crippen molar-refractivity contribution < 1.29 is 28.0 Å². The molecule has 0 unspecified atom stereocenters. The summed E-state index contributed by atoms with van der Waals surface area (Å²) in [6.07, 6.45) is 0. The van der Waals surface area contributed by atoms with E-state index in [-0.39, 0.29) is 30.7 Å². The first kappa shape index (κ1) is 23.5. The molecule has 2 aromatic heterocycles. The normalized spacial score (nSPS) is 14.0. The second-order valence-electron chi connectivity index (χ2n) is 8.44. The lowest BCUT2D eigenvalue weighted by molar-refractivity contribution is -0.133. The number of aromatic nitrogens is 3. The summed E-state index contributed by atoms with van der Waals surface area (Å²) in [5, 5.41) is 11.8. The molecule has 0 bridgehead atoms. The highest BCUT2D eigenvalue weighted by atomic mass is 19.1. The average molecular weight is 493 g/mol.